The Morgan fingerprint density at radius 3 is 2.20 bits per heavy atom. The lowest BCUT2D eigenvalue weighted by molar-refractivity contribution is 0.415. The molecule has 1 aromatic heterocycles. The van der Waals surface area contributed by atoms with E-state index in [1.165, 1.54) is 20.9 Å². The van der Waals surface area contributed by atoms with Gasteiger partial charge in [0.05, 0.1) is 7.11 Å². The summed E-state index contributed by atoms with van der Waals surface area (Å²) in [7, 11) is 1.69. The lowest BCUT2D eigenvalue weighted by Crippen LogP contribution is -1.82. The molecule has 0 N–H and O–H groups in total. The quantitative estimate of drug-likeness (QED) is 0.739. The maximum atomic E-state index is 5.14. The molecule has 2 heteroatoms. The van der Waals surface area contributed by atoms with Gasteiger partial charge in [-0.05, 0) is 43.2 Å². The van der Waals surface area contributed by atoms with E-state index >= 15 is 0 Å². The molecule has 2 rings (SSSR count). The van der Waals surface area contributed by atoms with Crippen molar-refractivity contribution in [1.82, 2.24) is 0 Å². The summed E-state index contributed by atoms with van der Waals surface area (Å²) >= 11 is 1.84. The highest BCUT2D eigenvalue weighted by atomic mass is 32.1. The predicted molar refractivity (Wildman–Crippen MR) is 65.8 cm³/mol. The number of benzene rings is 1. The zero-order valence-corrected chi connectivity index (χ0v) is 10.0. The zero-order chi connectivity index (χ0) is 10.8. The molecule has 0 atom stereocenters. The maximum Gasteiger partial charge on any atom is 0.118 e. The van der Waals surface area contributed by atoms with E-state index in [0.29, 0.717) is 0 Å². The number of hydrogen-bond acceptors (Lipinski definition) is 2. The van der Waals surface area contributed by atoms with Crippen LogP contribution in [0.4, 0.5) is 0 Å². The van der Waals surface area contributed by atoms with Crippen LogP contribution in [0.5, 0.6) is 5.75 Å². The van der Waals surface area contributed by atoms with Gasteiger partial charge in [0.2, 0.25) is 0 Å². The van der Waals surface area contributed by atoms with E-state index in [9.17, 15) is 0 Å². The van der Waals surface area contributed by atoms with Crippen molar-refractivity contribution in [2.45, 2.75) is 13.8 Å². The van der Waals surface area contributed by atoms with E-state index in [2.05, 4.69) is 32.0 Å². The molecule has 1 aromatic carbocycles. The molecule has 0 saturated heterocycles. The van der Waals surface area contributed by atoms with Crippen molar-refractivity contribution in [1.29, 1.82) is 0 Å². The Hall–Kier alpha value is -1.28. The van der Waals surface area contributed by atoms with Gasteiger partial charge in [0.1, 0.15) is 5.75 Å². The van der Waals surface area contributed by atoms with Crippen LogP contribution in [0, 0.1) is 13.8 Å². The molecule has 0 amide bonds. The molecule has 0 bridgehead atoms. The average Bonchev–Trinajstić information content (AvgIpc) is 2.58. The fourth-order valence-electron chi connectivity index (χ4n) is 1.69. The second-order valence-electron chi connectivity index (χ2n) is 3.56. The molecule has 15 heavy (non-hydrogen) atoms. The van der Waals surface area contributed by atoms with Crippen LogP contribution in [-0.4, -0.2) is 7.11 Å². The van der Waals surface area contributed by atoms with Crippen LogP contribution < -0.4 is 4.74 Å². The standard InChI is InChI=1S/C13H14OS/c1-9-8-13(10(2)15-9)11-4-6-12(14-3)7-5-11/h4-8H,1-3H3. The van der Waals surface area contributed by atoms with Crippen LogP contribution in [0.1, 0.15) is 9.75 Å². The smallest absolute Gasteiger partial charge is 0.118 e. The van der Waals surface area contributed by atoms with Crippen LogP contribution in [0.25, 0.3) is 11.1 Å². The van der Waals surface area contributed by atoms with Crippen molar-refractivity contribution in [3.05, 3.63) is 40.1 Å². The summed E-state index contributed by atoms with van der Waals surface area (Å²) in [5, 5.41) is 0. The molecule has 0 fully saturated rings. The van der Waals surface area contributed by atoms with Crippen LogP contribution >= 0.6 is 11.3 Å². The molecule has 1 heterocycles. The highest BCUT2D eigenvalue weighted by Gasteiger charge is 2.05. The first-order chi connectivity index (χ1) is 7.20. The summed E-state index contributed by atoms with van der Waals surface area (Å²) in [5.41, 5.74) is 2.60. The Kier molecular flexibility index (Phi) is 2.78. The molecule has 2 aromatic rings. The number of thiophene rings is 1. The first kappa shape index (κ1) is 10.2. The van der Waals surface area contributed by atoms with Crippen molar-refractivity contribution in [3.63, 3.8) is 0 Å². The van der Waals surface area contributed by atoms with Crippen molar-refractivity contribution in [3.8, 4) is 16.9 Å². The van der Waals surface area contributed by atoms with Gasteiger partial charge in [-0.3, -0.25) is 0 Å². The SMILES string of the molecule is COc1ccc(-c2cc(C)sc2C)cc1. The number of hydrogen-bond donors (Lipinski definition) is 0. The van der Waals surface area contributed by atoms with Crippen LogP contribution in [0.2, 0.25) is 0 Å². The normalized spacial score (nSPS) is 10.3. The topological polar surface area (TPSA) is 9.23 Å². The minimum absolute atomic E-state index is 0.906. The third-order valence-corrected chi connectivity index (χ3v) is 3.41. The minimum Gasteiger partial charge on any atom is -0.497 e. The monoisotopic (exact) mass is 218 g/mol. The summed E-state index contributed by atoms with van der Waals surface area (Å²) in [4.78, 5) is 2.73. The lowest BCUT2D eigenvalue weighted by atomic mass is 10.1. The van der Waals surface area contributed by atoms with E-state index in [4.69, 9.17) is 4.74 Å². The minimum atomic E-state index is 0.906. The number of methoxy groups -OCH3 is 1. The van der Waals surface area contributed by atoms with Crippen LogP contribution in [-0.2, 0) is 0 Å². The summed E-state index contributed by atoms with van der Waals surface area (Å²) in [6.07, 6.45) is 0. The molecule has 0 aliphatic carbocycles. The van der Waals surface area contributed by atoms with Gasteiger partial charge in [0.15, 0.2) is 0 Å². The molecular weight excluding hydrogens is 204 g/mol. The molecule has 0 saturated carbocycles. The van der Waals surface area contributed by atoms with Crippen LogP contribution in [0.3, 0.4) is 0 Å². The summed E-state index contributed by atoms with van der Waals surface area (Å²) in [6.45, 7) is 4.31. The predicted octanol–water partition coefficient (Wildman–Crippen LogP) is 4.04. The Balaban J connectivity index is 2.41. The summed E-state index contributed by atoms with van der Waals surface area (Å²) in [6, 6.07) is 10.5. The highest BCUT2D eigenvalue weighted by Crippen LogP contribution is 2.31. The van der Waals surface area contributed by atoms with Crippen molar-refractivity contribution >= 4 is 11.3 Å². The molecule has 0 radical (unpaired) electrons. The molecule has 1 nitrogen and oxygen atoms in total. The largest absolute Gasteiger partial charge is 0.497 e. The van der Waals surface area contributed by atoms with E-state index in [0.717, 1.165) is 5.75 Å². The first-order valence-corrected chi connectivity index (χ1v) is 5.74. The van der Waals surface area contributed by atoms with E-state index in [-0.39, 0.29) is 0 Å². The van der Waals surface area contributed by atoms with Gasteiger partial charge in [0, 0.05) is 9.75 Å². The molecular formula is C13H14OS. The Labute approximate surface area is 94.3 Å². The number of aryl methyl sites for hydroxylation is 2. The molecule has 0 aliphatic heterocycles. The van der Waals surface area contributed by atoms with Gasteiger partial charge >= 0.3 is 0 Å². The van der Waals surface area contributed by atoms with Gasteiger partial charge in [-0.2, -0.15) is 0 Å². The van der Waals surface area contributed by atoms with Crippen molar-refractivity contribution in [2.24, 2.45) is 0 Å². The Morgan fingerprint density at radius 2 is 1.73 bits per heavy atom. The van der Waals surface area contributed by atoms with Gasteiger partial charge in [0.25, 0.3) is 0 Å². The van der Waals surface area contributed by atoms with Gasteiger partial charge in [-0.1, -0.05) is 12.1 Å². The third kappa shape index (κ3) is 2.05. The van der Waals surface area contributed by atoms with Gasteiger partial charge < -0.3 is 4.74 Å². The van der Waals surface area contributed by atoms with Crippen LogP contribution in [0.15, 0.2) is 30.3 Å². The van der Waals surface area contributed by atoms with E-state index in [1.807, 2.05) is 23.5 Å². The molecule has 78 valence electrons. The lowest BCUT2D eigenvalue weighted by Gasteiger charge is -2.02. The highest BCUT2D eigenvalue weighted by molar-refractivity contribution is 7.12. The van der Waals surface area contributed by atoms with Gasteiger partial charge in [-0.15, -0.1) is 11.3 Å². The van der Waals surface area contributed by atoms with E-state index < -0.39 is 0 Å². The molecule has 0 aliphatic rings. The first-order valence-electron chi connectivity index (χ1n) is 4.92. The maximum absolute atomic E-state index is 5.14. The Morgan fingerprint density at radius 1 is 1.07 bits per heavy atom. The zero-order valence-electron chi connectivity index (χ0n) is 9.20. The molecule has 0 spiro atoms. The number of rotatable bonds is 2. The number of ether oxygens (including phenoxy) is 1. The third-order valence-electron chi connectivity index (χ3n) is 2.44. The Bertz CT molecular complexity index is 454. The molecule has 0 unspecified atom stereocenters. The fourth-order valence-corrected chi connectivity index (χ4v) is 2.63. The van der Waals surface area contributed by atoms with Gasteiger partial charge in [-0.25, -0.2) is 0 Å². The van der Waals surface area contributed by atoms with Crippen molar-refractivity contribution in [2.75, 3.05) is 7.11 Å². The fraction of sp³-hybridized carbons (Fsp3) is 0.231. The average molecular weight is 218 g/mol. The second kappa shape index (κ2) is 4.07. The summed E-state index contributed by atoms with van der Waals surface area (Å²) in [5.74, 6) is 0.906. The summed E-state index contributed by atoms with van der Waals surface area (Å²) < 4.78 is 5.14. The van der Waals surface area contributed by atoms with Crippen molar-refractivity contribution < 1.29 is 4.74 Å². The van der Waals surface area contributed by atoms with E-state index in [1.54, 1.807) is 7.11 Å². The second-order valence-corrected chi connectivity index (χ2v) is 5.02.